The number of H-pyrrole nitrogens is 1. The molecule has 1 heterocycles. The number of ether oxygens (including phenoxy) is 1. The van der Waals surface area contributed by atoms with Crippen molar-refractivity contribution >= 4 is 11.6 Å². The van der Waals surface area contributed by atoms with Gasteiger partial charge in [0, 0.05) is 17.4 Å². The summed E-state index contributed by atoms with van der Waals surface area (Å²) in [6, 6.07) is 9.07. The third kappa shape index (κ3) is 4.95. The van der Waals surface area contributed by atoms with E-state index in [1.165, 1.54) is 18.9 Å². The van der Waals surface area contributed by atoms with Gasteiger partial charge in [-0.15, -0.1) is 0 Å². The maximum absolute atomic E-state index is 11.4. The Kier molecular flexibility index (Phi) is 5.37. The predicted molar refractivity (Wildman–Crippen MR) is 84.3 cm³/mol. The summed E-state index contributed by atoms with van der Waals surface area (Å²) in [7, 11) is 0. The molecule has 5 heteroatoms. The van der Waals surface area contributed by atoms with Crippen molar-refractivity contribution in [2.75, 3.05) is 11.9 Å². The molecule has 2 rings (SSSR count). The van der Waals surface area contributed by atoms with Gasteiger partial charge in [0.2, 0.25) is 5.95 Å². The zero-order chi connectivity index (χ0) is 15.1. The fraction of sp³-hybridized carbons (Fsp3) is 0.375. The molecule has 0 atom stereocenters. The fourth-order valence-electron chi connectivity index (χ4n) is 1.95. The molecule has 2 N–H and O–H groups in total. The second kappa shape index (κ2) is 7.47. The smallest absolute Gasteiger partial charge is 0.252 e. The highest BCUT2D eigenvalue weighted by atomic mass is 16.5. The van der Waals surface area contributed by atoms with Crippen molar-refractivity contribution in [2.45, 2.75) is 33.1 Å². The number of unbranched alkanes of at least 4 members (excludes halogenated alkanes) is 2. The number of aromatic nitrogens is 2. The molecule has 0 unspecified atom stereocenters. The lowest BCUT2D eigenvalue weighted by Crippen LogP contribution is -2.10. The fourth-order valence-corrected chi connectivity index (χ4v) is 1.95. The second-order valence-electron chi connectivity index (χ2n) is 4.94. The predicted octanol–water partition coefficient (Wildman–Crippen LogP) is 3.39. The summed E-state index contributed by atoms with van der Waals surface area (Å²) in [6.07, 6.45) is 3.45. The van der Waals surface area contributed by atoms with Crippen LogP contribution < -0.4 is 15.6 Å². The zero-order valence-corrected chi connectivity index (χ0v) is 12.5. The van der Waals surface area contributed by atoms with Crippen LogP contribution in [0.3, 0.4) is 0 Å². The van der Waals surface area contributed by atoms with E-state index in [0.29, 0.717) is 11.6 Å². The number of aromatic amines is 1. The van der Waals surface area contributed by atoms with Crippen molar-refractivity contribution in [1.82, 2.24) is 9.97 Å². The molecule has 0 saturated heterocycles. The summed E-state index contributed by atoms with van der Waals surface area (Å²) in [4.78, 5) is 18.2. The monoisotopic (exact) mass is 287 g/mol. The van der Waals surface area contributed by atoms with E-state index >= 15 is 0 Å². The van der Waals surface area contributed by atoms with Crippen molar-refractivity contribution in [3.05, 3.63) is 46.4 Å². The van der Waals surface area contributed by atoms with Crippen LogP contribution in [0.15, 0.2) is 35.1 Å². The van der Waals surface area contributed by atoms with E-state index in [0.717, 1.165) is 24.5 Å². The number of anilines is 2. The lowest BCUT2D eigenvalue weighted by molar-refractivity contribution is 0.306. The number of hydrogen-bond donors (Lipinski definition) is 2. The first-order valence-electron chi connectivity index (χ1n) is 7.25. The van der Waals surface area contributed by atoms with Gasteiger partial charge in [0.15, 0.2) is 0 Å². The number of nitrogens with zero attached hydrogens (tertiary/aromatic N) is 1. The van der Waals surface area contributed by atoms with E-state index in [9.17, 15) is 4.79 Å². The van der Waals surface area contributed by atoms with Gasteiger partial charge in [0.05, 0.1) is 6.61 Å². The van der Waals surface area contributed by atoms with Gasteiger partial charge in [0.25, 0.3) is 5.56 Å². The summed E-state index contributed by atoms with van der Waals surface area (Å²) in [5.74, 6) is 1.29. The highest BCUT2D eigenvalue weighted by Gasteiger charge is 2.00. The highest BCUT2D eigenvalue weighted by Crippen LogP contribution is 2.18. The lowest BCUT2D eigenvalue weighted by Gasteiger charge is -2.08. The third-order valence-corrected chi connectivity index (χ3v) is 3.00. The van der Waals surface area contributed by atoms with Crippen LogP contribution in [0.25, 0.3) is 0 Å². The Morgan fingerprint density at radius 2 is 2.00 bits per heavy atom. The first kappa shape index (κ1) is 15.1. The van der Waals surface area contributed by atoms with Crippen LogP contribution in [0.2, 0.25) is 0 Å². The largest absolute Gasteiger partial charge is 0.494 e. The van der Waals surface area contributed by atoms with Crippen LogP contribution in [0.4, 0.5) is 11.6 Å². The molecule has 1 aromatic heterocycles. The first-order chi connectivity index (χ1) is 10.2. The van der Waals surface area contributed by atoms with Crippen molar-refractivity contribution < 1.29 is 4.74 Å². The van der Waals surface area contributed by atoms with E-state index in [2.05, 4.69) is 22.2 Å². The number of benzene rings is 1. The molecule has 0 bridgehead atoms. The minimum absolute atomic E-state index is 0.166. The van der Waals surface area contributed by atoms with E-state index in [1.54, 1.807) is 6.92 Å². The Labute approximate surface area is 124 Å². The van der Waals surface area contributed by atoms with E-state index in [-0.39, 0.29) is 5.56 Å². The van der Waals surface area contributed by atoms with Gasteiger partial charge in [0.1, 0.15) is 5.75 Å². The summed E-state index contributed by atoms with van der Waals surface area (Å²) >= 11 is 0. The third-order valence-electron chi connectivity index (χ3n) is 3.00. The molecule has 0 aliphatic rings. The number of rotatable bonds is 7. The Hall–Kier alpha value is -2.30. The molecule has 0 aliphatic heterocycles. The Bertz CT molecular complexity index is 620. The van der Waals surface area contributed by atoms with Crippen LogP contribution in [-0.4, -0.2) is 16.6 Å². The van der Waals surface area contributed by atoms with E-state index < -0.39 is 0 Å². The SMILES string of the molecule is CCCCCOc1ccc(Nc2nc(C)cc(=O)[nH]2)cc1. The molecule has 112 valence electrons. The van der Waals surface area contributed by atoms with E-state index in [1.807, 2.05) is 24.3 Å². The normalized spacial score (nSPS) is 10.4. The van der Waals surface area contributed by atoms with Crippen molar-refractivity contribution in [2.24, 2.45) is 0 Å². The molecule has 21 heavy (non-hydrogen) atoms. The Morgan fingerprint density at radius 1 is 1.24 bits per heavy atom. The second-order valence-corrected chi connectivity index (χ2v) is 4.94. The summed E-state index contributed by atoms with van der Waals surface area (Å²) in [5.41, 5.74) is 1.36. The van der Waals surface area contributed by atoms with Crippen molar-refractivity contribution in [1.29, 1.82) is 0 Å². The van der Waals surface area contributed by atoms with Gasteiger partial charge >= 0.3 is 0 Å². The lowest BCUT2D eigenvalue weighted by atomic mass is 10.2. The highest BCUT2D eigenvalue weighted by molar-refractivity contribution is 5.54. The van der Waals surface area contributed by atoms with Crippen LogP contribution in [0.1, 0.15) is 31.9 Å². The minimum Gasteiger partial charge on any atom is -0.494 e. The van der Waals surface area contributed by atoms with Gasteiger partial charge in [-0.3, -0.25) is 9.78 Å². The Balaban J connectivity index is 1.94. The van der Waals surface area contributed by atoms with Gasteiger partial charge in [-0.1, -0.05) is 19.8 Å². The summed E-state index contributed by atoms with van der Waals surface area (Å²) < 4.78 is 5.65. The van der Waals surface area contributed by atoms with E-state index in [4.69, 9.17) is 4.74 Å². The van der Waals surface area contributed by atoms with Gasteiger partial charge in [-0.05, 0) is 37.6 Å². The maximum Gasteiger partial charge on any atom is 0.252 e. The van der Waals surface area contributed by atoms with Crippen LogP contribution in [0.5, 0.6) is 5.75 Å². The molecule has 0 saturated carbocycles. The minimum atomic E-state index is -0.166. The molecule has 0 spiro atoms. The Morgan fingerprint density at radius 3 is 2.67 bits per heavy atom. The molecule has 5 nitrogen and oxygen atoms in total. The first-order valence-corrected chi connectivity index (χ1v) is 7.25. The molecular formula is C16H21N3O2. The molecule has 0 radical (unpaired) electrons. The van der Waals surface area contributed by atoms with Crippen molar-refractivity contribution in [3.63, 3.8) is 0 Å². The summed E-state index contributed by atoms with van der Waals surface area (Å²) in [6.45, 7) is 4.70. The average molecular weight is 287 g/mol. The summed E-state index contributed by atoms with van der Waals surface area (Å²) in [5, 5.41) is 3.07. The molecule has 0 fully saturated rings. The maximum atomic E-state index is 11.4. The molecule has 2 aromatic rings. The molecule has 1 aromatic carbocycles. The van der Waals surface area contributed by atoms with Gasteiger partial charge in [-0.2, -0.15) is 0 Å². The number of hydrogen-bond acceptors (Lipinski definition) is 4. The van der Waals surface area contributed by atoms with Crippen molar-refractivity contribution in [3.8, 4) is 5.75 Å². The number of nitrogens with one attached hydrogen (secondary N) is 2. The molecule has 0 aliphatic carbocycles. The van der Waals surface area contributed by atoms with Crippen LogP contribution >= 0.6 is 0 Å². The number of aryl methyl sites for hydroxylation is 1. The quantitative estimate of drug-likeness (QED) is 0.766. The molecular weight excluding hydrogens is 266 g/mol. The van der Waals surface area contributed by atoms with Crippen LogP contribution in [-0.2, 0) is 0 Å². The average Bonchev–Trinajstić information content (AvgIpc) is 2.44. The standard InChI is InChI=1S/C16H21N3O2/c1-3-4-5-10-21-14-8-6-13(7-9-14)18-16-17-12(2)11-15(20)19-16/h6-9,11H,3-5,10H2,1-2H3,(H2,17,18,19,20). The van der Waals surface area contributed by atoms with Gasteiger partial charge in [-0.25, -0.2) is 4.98 Å². The molecule has 0 amide bonds. The van der Waals surface area contributed by atoms with Crippen LogP contribution in [0, 0.1) is 6.92 Å². The van der Waals surface area contributed by atoms with Gasteiger partial charge < -0.3 is 10.1 Å². The topological polar surface area (TPSA) is 67.0 Å². The zero-order valence-electron chi connectivity index (χ0n) is 12.5.